The summed E-state index contributed by atoms with van der Waals surface area (Å²) in [6, 6.07) is 18.5. The average molecular weight is 477 g/mol. The summed E-state index contributed by atoms with van der Waals surface area (Å²) in [6.45, 7) is 6.93. The van der Waals surface area contributed by atoms with E-state index in [2.05, 4.69) is 34.5 Å². The lowest BCUT2D eigenvalue weighted by atomic mass is 9.96. The Labute approximate surface area is 209 Å². The molecule has 1 aliphatic rings. The molecule has 3 N–H and O–H groups in total. The highest BCUT2D eigenvalue weighted by Crippen LogP contribution is 2.28. The molecule has 3 rings (SSSR count). The number of primary amides is 1. The Morgan fingerprint density at radius 2 is 1.89 bits per heavy atom. The Balaban J connectivity index is 1.67. The number of nitrogens with two attached hydrogens (primary N) is 1. The molecule has 6 heteroatoms. The van der Waals surface area contributed by atoms with Crippen molar-refractivity contribution < 1.29 is 14.3 Å². The number of hydrogen-bond donors (Lipinski definition) is 2. The van der Waals surface area contributed by atoms with Crippen molar-refractivity contribution in [3.63, 3.8) is 0 Å². The molecule has 1 radical (unpaired) electrons. The number of carbonyl (C=O) groups is 2. The number of hydrogen-bond acceptors (Lipinski definition) is 4. The minimum atomic E-state index is -0.489. The van der Waals surface area contributed by atoms with Gasteiger partial charge < -0.3 is 20.7 Å². The number of anilines is 1. The zero-order valence-electron chi connectivity index (χ0n) is 21.1. The first-order valence-corrected chi connectivity index (χ1v) is 12.4. The van der Waals surface area contributed by atoms with Crippen molar-refractivity contribution in [3.05, 3.63) is 78.7 Å². The third-order valence-electron chi connectivity index (χ3n) is 6.22. The molecule has 1 aliphatic carbocycles. The van der Waals surface area contributed by atoms with Crippen LogP contribution in [0.5, 0.6) is 5.75 Å². The van der Waals surface area contributed by atoms with Crippen molar-refractivity contribution in [3.8, 4) is 5.75 Å². The molecule has 2 aromatic rings. The van der Waals surface area contributed by atoms with Crippen LogP contribution in [0.25, 0.3) is 0 Å². The molecule has 0 heterocycles. The molecule has 0 bridgehead atoms. The predicted octanol–water partition coefficient (Wildman–Crippen LogP) is 4.79. The van der Waals surface area contributed by atoms with Crippen molar-refractivity contribution in [2.45, 2.75) is 64.6 Å². The van der Waals surface area contributed by atoms with Crippen LogP contribution in [0, 0.1) is 12.3 Å². The second-order valence-corrected chi connectivity index (χ2v) is 9.94. The largest absolute Gasteiger partial charge is 0.489 e. The van der Waals surface area contributed by atoms with Gasteiger partial charge in [-0.05, 0) is 69.4 Å². The standard InChI is InChI=1S/C29H38N3O3/c1-22(28(30)34)14-19-27(33)31-29(2,3)21-32(24-12-8-5-9-13-24)25-15-17-26(18-16-25)35-20-23-10-6-4-7-11-23/h4,6-8,10-12,15-19,22,24H,5,9,13-14,20-21H2,1-3H3,(H2,30,34)(H,31,33). The first-order valence-electron chi connectivity index (χ1n) is 12.4. The summed E-state index contributed by atoms with van der Waals surface area (Å²) in [7, 11) is 0. The van der Waals surface area contributed by atoms with Crippen LogP contribution in [0.1, 0.15) is 52.0 Å². The van der Waals surface area contributed by atoms with Gasteiger partial charge in [0.05, 0.1) is 12.0 Å². The maximum absolute atomic E-state index is 12.5. The minimum absolute atomic E-state index is 0.188. The fourth-order valence-corrected chi connectivity index (χ4v) is 4.18. The maximum Gasteiger partial charge on any atom is 0.224 e. The van der Waals surface area contributed by atoms with Crippen molar-refractivity contribution in [2.24, 2.45) is 11.7 Å². The predicted molar refractivity (Wildman–Crippen MR) is 141 cm³/mol. The van der Waals surface area contributed by atoms with E-state index < -0.39 is 11.4 Å². The fraction of sp³-hybridized carbons (Fsp3) is 0.414. The zero-order valence-corrected chi connectivity index (χ0v) is 21.1. The number of amides is 2. The molecular formula is C29H38N3O3. The van der Waals surface area contributed by atoms with Gasteiger partial charge in [0.15, 0.2) is 0 Å². The van der Waals surface area contributed by atoms with Gasteiger partial charge in [0.2, 0.25) is 11.8 Å². The summed E-state index contributed by atoms with van der Waals surface area (Å²) in [5.74, 6) is -0.135. The highest BCUT2D eigenvalue weighted by atomic mass is 16.5. The van der Waals surface area contributed by atoms with Crippen LogP contribution >= 0.6 is 0 Å². The molecule has 0 aliphatic heterocycles. The summed E-state index contributed by atoms with van der Waals surface area (Å²) < 4.78 is 5.96. The van der Waals surface area contributed by atoms with Gasteiger partial charge in [0, 0.05) is 24.2 Å². The van der Waals surface area contributed by atoms with Crippen molar-refractivity contribution in [2.75, 3.05) is 11.4 Å². The third-order valence-corrected chi connectivity index (χ3v) is 6.22. The monoisotopic (exact) mass is 476 g/mol. The minimum Gasteiger partial charge on any atom is -0.489 e. The molecule has 0 spiro atoms. The molecule has 2 aromatic carbocycles. The molecule has 0 saturated carbocycles. The zero-order chi connectivity index (χ0) is 25.3. The SMILES string of the molecule is CC(C[CH]C(=O)NC(C)(C)CN(c1ccc(OCc2ccccc2)cc1)C1C=CCCC1)C(N)=O. The number of rotatable bonds is 12. The maximum atomic E-state index is 12.5. The van der Waals surface area contributed by atoms with E-state index in [1.165, 1.54) is 6.42 Å². The molecule has 2 amide bonds. The van der Waals surface area contributed by atoms with Gasteiger partial charge in [-0.25, -0.2) is 0 Å². The van der Waals surface area contributed by atoms with E-state index in [0.29, 0.717) is 19.6 Å². The van der Waals surface area contributed by atoms with E-state index in [0.717, 1.165) is 36.3 Å². The molecule has 0 saturated heterocycles. The molecule has 35 heavy (non-hydrogen) atoms. The first kappa shape index (κ1) is 26.3. The summed E-state index contributed by atoms with van der Waals surface area (Å²) in [5.41, 5.74) is 7.04. The Kier molecular flexibility index (Phi) is 9.35. The number of ether oxygens (including phenoxy) is 1. The molecule has 0 aromatic heterocycles. The van der Waals surface area contributed by atoms with Crippen LogP contribution in [0.4, 0.5) is 5.69 Å². The van der Waals surface area contributed by atoms with Crippen LogP contribution in [-0.4, -0.2) is 29.9 Å². The van der Waals surface area contributed by atoms with Gasteiger partial charge in [-0.3, -0.25) is 9.59 Å². The van der Waals surface area contributed by atoms with E-state index in [9.17, 15) is 9.59 Å². The smallest absolute Gasteiger partial charge is 0.224 e. The Bertz CT molecular complexity index is 986. The Hall–Kier alpha value is -3.28. The molecular weight excluding hydrogens is 438 g/mol. The number of nitrogens with one attached hydrogen (secondary N) is 1. The van der Waals surface area contributed by atoms with E-state index in [4.69, 9.17) is 10.5 Å². The number of allylic oxidation sites excluding steroid dienone is 1. The lowest BCUT2D eigenvalue weighted by Gasteiger charge is -2.40. The summed E-state index contributed by atoms with van der Waals surface area (Å²) in [5, 5.41) is 3.10. The van der Waals surface area contributed by atoms with Gasteiger partial charge in [0.1, 0.15) is 12.4 Å². The topological polar surface area (TPSA) is 84.7 Å². The van der Waals surface area contributed by atoms with Crippen LogP contribution in [0.15, 0.2) is 66.7 Å². The fourth-order valence-electron chi connectivity index (χ4n) is 4.18. The van der Waals surface area contributed by atoms with Crippen LogP contribution in [0.2, 0.25) is 0 Å². The second kappa shape index (κ2) is 12.4. The molecule has 187 valence electrons. The summed E-state index contributed by atoms with van der Waals surface area (Å²) >= 11 is 0. The quantitative estimate of drug-likeness (QED) is 0.431. The highest BCUT2D eigenvalue weighted by molar-refractivity contribution is 5.86. The van der Waals surface area contributed by atoms with Gasteiger partial charge in [-0.15, -0.1) is 0 Å². The van der Waals surface area contributed by atoms with Gasteiger partial charge in [-0.2, -0.15) is 0 Å². The number of benzene rings is 2. The summed E-state index contributed by atoms with van der Waals surface area (Å²) in [6.07, 6.45) is 9.66. The number of nitrogens with zero attached hydrogens (tertiary/aromatic N) is 1. The molecule has 2 unspecified atom stereocenters. The van der Waals surface area contributed by atoms with E-state index in [-0.39, 0.29) is 17.9 Å². The molecule has 6 nitrogen and oxygen atoms in total. The number of carbonyl (C=O) groups excluding carboxylic acids is 2. The Morgan fingerprint density at radius 3 is 2.51 bits per heavy atom. The highest BCUT2D eigenvalue weighted by Gasteiger charge is 2.28. The molecule has 0 fully saturated rings. The van der Waals surface area contributed by atoms with E-state index in [1.807, 2.05) is 56.3 Å². The molecule has 2 atom stereocenters. The van der Waals surface area contributed by atoms with Gasteiger partial charge in [0.25, 0.3) is 0 Å². The first-order chi connectivity index (χ1) is 16.7. The van der Waals surface area contributed by atoms with Crippen molar-refractivity contribution >= 4 is 17.5 Å². The van der Waals surface area contributed by atoms with Gasteiger partial charge >= 0.3 is 0 Å². The van der Waals surface area contributed by atoms with Crippen molar-refractivity contribution in [1.82, 2.24) is 5.32 Å². The Morgan fingerprint density at radius 1 is 1.17 bits per heavy atom. The van der Waals surface area contributed by atoms with Crippen molar-refractivity contribution in [1.29, 1.82) is 0 Å². The third kappa shape index (κ3) is 8.46. The average Bonchev–Trinajstić information content (AvgIpc) is 2.86. The lowest BCUT2D eigenvalue weighted by molar-refractivity contribution is -0.121. The van der Waals surface area contributed by atoms with Crippen LogP contribution in [0.3, 0.4) is 0 Å². The van der Waals surface area contributed by atoms with Gasteiger partial charge in [-0.1, -0.05) is 49.4 Å². The second-order valence-electron chi connectivity index (χ2n) is 9.94. The summed E-state index contributed by atoms with van der Waals surface area (Å²) in [4.78, 5) is 26.2. The normalized spacial score (nSPS) is 16.4. The van der Waals surface area contributed by atoms with E-state index >= 15 is 0 Å². The van der Waals surface area contributed by atoms with E-state index in [1.54, 1.807) is 6.92 Å². The lowest BCUT2D eigenvalue weighted by Crippen LogP contribution is -2.54. The van der Waals surface area contributed by atoms with Crippen LogP contribution < -0.4 is 20.7 Å². The van der Waals surface area contributed by atoms with Crippen LogP contribution in [-0.2, 0) is 16.2 Å².